The Morgan fingerprint density at radius 3 is 3.00 bits per heavy atom. The summed E-state index contributed by atoms with van der Waals surface area (Å²) in [5, 5.41) is 2.92. The number of aromatic amines is 1. The van der Waals surface area contributed by atoms with Gasteiger partial charge in [0.05, 0.1) is 17.3 Å². The van der Waals surface area contributed by atoms with Crippen molar-refractivity contribution < 1.29 is 9.21 Å². The average molecular weight is 343 g/mol. The van der Waals surface area contributed by atoms with Crippen LogP contribution in [0.2, 0.25) is 0 Å². The lowest BCUT2D eigenvalue weighted by molar-refractivity contribution is 0.102. The number of imidazole rings is 2. The van der Waals surface area contributed by atoms with E-state index in [0.29, 0.717) is 23.0 Å². The van der Waals surface area contributed by atoms with Gasteiger partial charge in [-0.3, -0.25) is 9.20 Å². The highest BCUT2D eigenvalue weighted by Gasteiger charge is 2.12. The maximum atomic E-state index is 12.7. The van der Waals surface area contributed by atoms with Crippen molar-refractivity contribution in [3.8, 4) is 11.6 Å². The number of benzene rings is 1. The highest BCUT2D eigenvalue weighted by atomic mass is 16.3. The molecule has 4 heterocycles. The Hall–Kier alpha value is -3.87. The van der Waals surface area contributed by atoms with E-state index in [0.717, 1.165) is 16.7 Å². The molecule has 26 heavy (non-hydrogen) atoms. The van der Waals surface area contributed by atoms with E-state index in [4.69, 9.17) is 4.42 Å². The van der Waals surface area contributed by atoms with Gasteiger partial charge in [-0.15, -0.1) is 0 Å². The Morgan fingerprint density at radius 2 is 2.12 bits per heavy atom. The van der Waals surface area contributed by atoms with Crippen LogP contribution in [0.5, 0.6) is 0 Å². The monoisotopic (exact) mass is 343 g/mol. The number of carbonyl (C=O) groups excluding carboxylic acids is 1. The van der Waals surface area contributed by atoms with E-state index in [9.17, 15) is 4.79 Å². The molecule has 0 saturated carbocycles. The van der Waals surface area contributed by atoms with Crippen LogP contribution in [0.4, 0.5) is 5.69 Å². The van der Waals surface area contributed by atoms with E-state index in [1.54, 1.807) is 29.1 Å². The Bertz CT molecular complexity index is 1230. The lowest BCUT2D eigenvalue weighted by atomic mass is 10.2. The van der Waals surface area contributed by atoms with Crippen LogP contribution >= 0.6 is 0 Å². The molecule has 5 aromatic rings. The molecule has 1 amide bonds. The summed E-state index contributed by atoms with van der Waals surface area (Å²) in [5.74, 6) is 1.11. The van der Waals surface area contributed by atoms with Crippen LogP contribution in [0, 0.1) is 0 Å². The van der Waals surface area contributed by atoms with Crippen molar-refractivity contribution in [1.82, 2.24) is 19.4 Å². The van der Waals surface area contributed by atoms with Crippen molar-refractivity contribution in [3.63, 3.8) is 0 Å². The summed E-state index contributed by atoms with van der Waals surface area (Å²) in [4.78, 5) is 24.5. The summed E-state index contributed by atoms with van der Waals surface area (Å²) in [6, 6.07) is 14.6. The van der Waals surface area contributed by atoms with Crippen molar-refractivity contribution in [2.75, 3.05) is 5.32 Å². The third-order valence-corrected chi connectivity index (χ3v) is 4.16. The third kappa shape index (κ3) is 2.34. The lowest BCUT2D eigenvalue weighted by Crippen LogP contribution is -2.15. The number of pyridine rings is 1. The number of nitrogens with zero attached hydrogens (tertiary/aromatic N) is 3. The first kappa shape index (κ1) is 14.5. The molecule has 4 aromatic heterocycles. The number of hydrogen-bond acceptors (Lipinski definition) is 4. The van der Waals surface area contributed by atoms with Crippen LogP contribution < -0.4 is 5.32 Å². The molecule has 0 fully saturated rings. The number of amides is 1. The summed E-state index contributed by atoms with van der Waals surface area (Å²) < 4.78 is 7.11. The van der Waals surface area contributed by atoms with Crippen LogP contribution in [0.3, 0.4) is 0 Å². The van der Waals surface area contributed by atoms with Crippen LogP contribution in [0.1, 0.15) is 10.5 Å². The van der Waals surface area contributed by atoms with Crippen molar-refractivity contribution in [1.29, 1.82) is 0 Å². The number of fused-ring (bicyclic) bond motifs is 2. The molecule has 126 valence electrons. The molecule has 0 saturated heterocycles. The number of furan rings is 1. The minimum absolute atomic E-state index is 0.210. The second-order valence-corrected chi connectivity index (χ2v) is 5.82. The quantitative estimate of drug-likeness (QED) is 0.522. The van der Waals surface area contributed by atoms with Gasteiger partial charge in [0.15, 0.2) is 11.6 Å². The van der Waals surface area contributed by atoms with Crippen LogP contribution in [-0.4, -0.2) is 25.3 Å². The minimum Gasteiger partial charge on any atom is -0.461 e. The molecule has 0 spiro atoms. The van der Waals surface area contributed by atoms with Gasteiger partial charge in [0.2, 0.25) is 0 Å². The molecule has 0 atom stereocenters. The van der Waals surface area contributed by atoms with Gasteiger partial charge in [0, 0.05) is 18.1 Å². The van der Waals surface area contributed by atoms with Gasteiger partial charge in [0.1, 0.15) is 11.3 Å². The van der Waals surface area contributed by atoms with Gasteiger partial charge < -0.3 is 14.7 Å². The van der Waals surface area contributed by atoms with E-state index in [-0.39, 0.29) is 5.91 Å². The van der Waals surface area contributed by atoms with E-state index in [1.165, 1.54) is 0 Å². The first-order chi connectivity index (χ1) is 12.8. The molecule has 7 nitrogen and oxygen atoms in total. The summed E-state index contributed by atoms with van der Waals surface area (Å²) in [6.45, 7) is 0. The normalized spacial score (nSPS) is 11.2. The molecule has 0 radical (unpaired) electrons. The van der Waals surface area contributed by atoms with Crippen molar-refractivity contribution in [2.24, 2.45) is 0 Å². The third-order valence-electron chi connectivity index (χ3n) is 4.16. The van der Waals surface area contributed by atoms with E-state index < -0.39 is 0 Å². The lowest BCUT2D eigenvalue weighted by Gasteiger charge is -2.07. The van der Waals surface area contributed by atoms with E-state index in [2.05, 4.69) is 20.3 Å². The number of H-pyrrole nitrogens is 1. The van der Waals surface area contributed by atoms with Crippen LogP contribution in [0.15, 0.2) is 71.6 Å². The van der Waals surface area contributed by atoms with Gasteiger partial charge in [0.25, 0.3) is 5.91 Å². The van der Waals surface area contributed by atoms with Gasteiger partial charge in [-0.1, -0.05) is 6.07 Å². The highest BCUT2D eigenvalue weighted by molar-refractivity contribution is 6.04. The molecule has 0 bridgehead atoms. The number of aromatic nitrogens is 4. The van der Waals surface area contributed by atoms with Gasteiger partial charge in [-0.2, -0.15) is 0 Å². The van der Waals surface area contributed by atoms with Crippen LogP contribution in [0.25, 0.3) is 28.3 Å². The predicted molar refractivity (Wildman–Crippen MR) is 96.9 cm³/mol. The molecule has 7 heteroatoms. The fourth-order valence-corrected chi connectivity index (χ4v) is 2.95. The molecule has 0 aliphatic heterocycles. The first-order valence-electron chi connectivity index (χ1n) is 8.05. The van der Waals surface area contributed by atoms with E-state index >= 15 is 0 Å². The smallest absolute Gasteiger partial charge is 0.272 e. The van der Waals surface area contributed by atoms with Crippen molar-refractivity contribution in [3.05, 3.63) is 72.9 Å². The van der Waals surface area contributed by atoms with Gasteiger partial charge >= 0.3 is 0 Å². The number of anilines is 1. The van der Waals surface area contributed by atoms with Crippen molar-refractivity contribution >= 4 is 28.3 Å². The second kappa shape index (κ2) is 5.59. The summed E-state index contributed by atoms with van der Waals surface area (Å²) in [5.41, 5.74) is 3.53. The molecule has 2 N–H and O–H groups in total. The molecule has 5 rings (SSSR count). The molecular weight excluding hydrogens is 330 g/mol. The molecule has 1 aromatic carbocycles. The zero-order chi connectivity index (χ0) is 17.5. The Morgan fingerprint density at radius 1 is 1.15 bits per heavy atom. The summed E-state index contributed by atoms with van der Waals surface area (Å²) in [7, 11) is 0. The zero-order valence-electron chi connectivity index (χ0n) is 13.5. The van der Waals surface area contributed by atoms with Crippen LogP contribution in [-0.2, 0) is 0 Å². The SMILES string of the molecule is O=C(Nc1ccc2nc(-c3ccco3)[nH]c2c1)c1cccc2nccn12. The minimum atomic E-state index is -0.210. The maximum absolute atomic E-state index is 12.7. The predicted octanol–water partition coefficient (Wildman–Crippen LogP) is 3.72. The summed E-state index contributed by atoms with van der Waals surface area (Å²) >= 11 is 0. The molecule has 0 unspecified atom stereocenters. The standard InChI is InChI=1S/C19H13N5O2/c25-19(15-3-1-5-17-20-8-9-24(15)17)21-12-6-7-13-14(11-12)23-18(22-13)16-4-2-10-26-16/h1-11H,(H,21,25)(H,22,23). The number of carbonyl (C=O) groups is 1. The van der Waals surface area contributed by atoms with E-state index in [1.807, 2.05) is 42.5 Å². The average Bonchev–Trinajstić information content (AvgIpc) is 3.39. The Balaban J connectivity index is 1.47. The molecule has 0 aliphatic carbocycles. The number of hydrogen-bond donors (Lipinski definition) is 2. The highest BCUT2D eigenvalue weighted by Crippen LogP contribution is 2.23. The fraction of sp³-hybridized carbons (Fsp3) is 0. The van der Waals surface area contributed by atoms with Gasteiger partial charge in [-0.25, -0.2) is 9.97 Å². The fourth-order valence-electron chi connectivity index (χ4n) is 2.95. The number of rotatable bonds is 3. The first-order valence-corrected chi connectivity index (χ1v) is 8.05. The zero-order valence-corrected chi connectivity index (χ0v) is 13.5. The Labute approximate surface area is 147 Å². The van der Waals surface area contributed by atoms with Gasteiger partial charge in [-0.05, 0) is 42.5 Å². The van der Waals surface area contributed by atoms with Crippen molar-refractivity contribution in [2.45, 2.75) is 0 Å². The largest absolute Gasteiger partial charge is 0.461 e. The Kier molecular flexibility index (Phi) is 3.11. The maximum Gasteiger partial charge on any atom is 0.272 e. The topological polar surface area (TPSA) is 88.2 Å². The number of nitrogens with one attached hydrogen (secondary N) is 2. The summed E-state index contributed by atoms with van der Waals surface area (Å²) in [6.07, 6.45) is 5.03. The second-order valence-electron chi connectivity index (χ2n) is 5.82. The molecule has 0 aliphatic rings. The molecular formula is C19H13N5O2.